The van der Waals surface area contributed by atoms with Gasteiger partial charge in [-0.2, -0.15) is 0 Å². The van der Waals surface area contributed by atoms with E-state index >= 15 is 0 Å². The van der Waals surface area contributed by atoms with E-state index in [0.717, 1.165) is 25.7 Å². The smallest absolute Gasteiger partial charge is 0.261 e. The first-order valence-corrected chi connectivity index (χ1v) is 11.5. The van der Waals surface area contributed by atoms with E-state index < -0.39 is 10.0 Å². The fourth-order valence-corrected chi connectivity index (χ4v) is 4.97. The van der Waals surface area contributed by atoms with Gasteiger partial charge in [-0.1, -0.05) is 49.1 Å². The molecule has 0 saturated heterocycles. The lowest BCUT2D eigenvalue weighted by Gasteiger charge is -2.34. The van der Waals surface area contributed by atoms with Crippen molar-refractivity contribution < 1.29 is 13.2 Å². The standard InChI is InChI=1S/C21H25ClN2O3S/c1-2-24(17-9-5-3-6-10-17)21(25)19-15-16(22)13-14-20(19)23-28(26,27)18-11-7-4-8-12-18/h4,7-8,11-15,17,23H,2-3,5-6,9-10H2,1H3. The summed E-state index contributed by atoms with van der Waals surface area (Å²) in [4.78, 5) is 15.3. The van der Waals surface area contributed by atoms with E-state index in [9.17, 15) is 13.2 Å². The molecule has 150 valence electrons. The van der Waals surface area contributed by atoms with Crippen LogP contribution < -0.4 is 4.72 Å². The molecule has 1 aliphatic rings. The lowest BCUT2D eigenvalue weighted by atomic mass is 9.93. The molecule has 0 aliphatic heterocycles. The highest BCUT2D eigenvalue weighted by molar-refractivity contribution is 7.92. The van der Waals surface area contributed by atoms with Crippen molar-refractivity contribution in [3.63, 3.8) is 0 Å². The Hall–Kier alpha value is -2.05. The van der Waals surface area contributed by atoms with Crippen LogP contribution >= 0.6 is 11.6 Å². The molecule has 2 aromatic carbocycles. The van der Waals surface area contributed by atoms with E-state index in [1.165, 1.54) is 24.6 Å². The van der Waals surface area contributed by atoms with E-state index in [0.29, 0.717) is 11.6 Å². The minimum Gasteiger partial charge on any atom is -0.336 e. The molecule has 0 bridgehead atoms. The van der Waals surface area contributed by atoms with Crippen LogP contribution in [0.4, 0.5) is 5.69 Å². The molecule has 1 amide bonds. The van der Waals surface area contributed by atoms with Crippen LogP contribution in [0.15, 0.2) is 53.4 Å². The SMILES string of the molecule is CCN(C(=O)c1cc(Cl)ccc1NS(=O)(=O)c1ccccc1)C1CCCCC1. The summed E-state index contributed by atoms with van der Waals surface area (Å²) >= 11 is 6.13. The summed E-state index contributed by atoms with van der Waals surface area (Å²) < 4.78 is 28.0. The molecule has 0 aromatic heterocycles. The van der Waals surface area contributed by atoms with Gasteiger partial charge in [0, 0.05) is 17.6 Å². The molecule has 0 atom stereocenters. The molecule has 5 nitrogen and oxygen atoms in total. The van der Waals surface area contributed by atoms with Crippen LogP contribution in [-0.2, 0) is 10.0 Å². The van der Waals surface area contributed by atoms with Crippen LogP contribution in [0.2, 0.25) is 5.02 Å². The van der Waals surface area contributed by atoms with Gasteiger partial charge in [-0.3, -0.25) is 9.52 Å². The fourth-order valence-electron chi connectivity index (χ4n) is 3.70. The Balaban J connectivity index is 1.93. The highest BCUT2D eigenvalue weighted by Gasteiger charge is 2.27. The molecule has 0 radical (unpaired) electrons. The molecular formula is C21H25ClN2O3S. The number of hydrogen-bond acceptors (Lipinski definition) is 3. The number of nitrogens with zero attached hydrogens (tertiary/aromatic N) is 1. The molecule has 1 N–H and O–H groups in total. The Morgan fingerprint density at radius 2 is 1.79 bits per heavy atom. The average molecular weight is 421 g/mol. The van der Waals surface area contributed by atoms with Crippen LogP contribution in [0.25, 0.3) is 0 Å². The van der Waals surface area contributed by atoms with Gasteiger partial charge in [0.1, 0.15) is 0 Å². The van der Waals surface area contributed by atoms with E-state index in [-0.39, 0.29) is 28.1 Å². The van der Waals surface area contributed by atoms with Crippen molar-refractivity contribution >= 4 is 33.2 Å². The summed E-state index contributed by atoms with van der Waals surface area (Å²) in [5.74, 6) is -0.192. The number of hydrogen-bond donors (Lipinski definition) is 1. The number of rotatable bonds is 6. The molecule has 2 aromatic rings. The van der Waals surface area contributed by atoms with Crippen LogP contribution in [0.1, 0.15) is 49.4 Å². The summed E-state index contributed by atoms with van der Waals surface area (Å²) in [6.45, 7) is 2.52. The van der Waals surface area contributed by atoms with Gasteiger partial charge in [0.2, 0.25) is 0 Å². The van der Waals surface area contributed by atoms with Crippen molar-refractivity contribution in [1.82, 2.24) is 4.90 Å². The van der Waals surface area contributed by atoms with Crippen molar-refractivity contribution in [3.8, 4) is 0 Å². The molecule has 0 unspecified atom stereocenters. The van der Waals surface area contributed by atoms with Crippen LogP contribution in [0.3, 0.4) is 0 Å². The van der Waals surface area contributed by atoms with Crippen molar-refractivity contribution in [2.75, 3.05) is 11.3 Å². The Morgan fingerprint density at radius 3 is 2.43 bits per heavy atom. The second kappa shape index (κ2) is 8.97. The largest absolute Gasteiger partial charge is 0.336 e. The minimum absolute atomic E-state index is 0.142. The summed E-state index contributed by atoms with van der Waals surface area (Å²) in [6.07, 6.45) is 5.37. The zero-order valence-electron chi connectivity index (χ0n) is 15.9. The number of nitrogens with one attached hydrogen (secondary N) is 1. The van der Waals surface area contributed by atoms with Crippen molar-refractivity contribution in [2.45, 2.75) is 50.0 Å². The lowest BCUT2D eigenvalue weighted by Crippen LogP contribution is -2.41. The predicted molar refractivity (Wildman–Crippen MR) is 112 cm³/mol. The number of sulfonamides is 1. The average Bonchev–Trinajstić information content (AvgIpc) is 2.71. The molecule has 0 spiro atoms. The molecular weight excluding hydrogens is 396 g/mol. The first-order chi connectivity index (χ1) is 13.4. The molecule has 7 heteroatoms. The Kier molecular flexibility index (Phi) is 6.62. The third kappa shape index (κ3) is 4.67. The molecule has 3 rings (SSSR count). The van der Waals surface area contributed by atoms with Crippen LogP contribution in [-0.4, -0.2) is 31.8 Å². The molecule has 1 saturated carbocycles. The van der Waals surface area contributed by atoms with Gasteiger partial charge in [0.15, 0.2) is 0 Å². The second-order valence-electron chi connectivity index (χ2n) is 6.99. The molecule has 28 heavy (non-hydrogen) atoms. The van der Waals surface area contributed by atoms with Gasteiger partial charge < -0.3 is 4.90 Å². The van der Waals surface area contributed by atoms with E-state index in [1.807, 2.05) is 11.8 Å². The summed E-state index contributed by atoms with van der Waals surface area (Å²) in [7, 11) is -3.80. The normalized spacial score (nSPS) is 15.2. The summed E-state index contributed by atoms with van der Waals surface area (Å²) in [5, 5.41) is 0.394. The quantitative estimate of drug-likeness (QED) is 0.720. The predicted octanol–water partition coefficient (Wildman–Crippen LogP) is 4.94. The number of benzene rings is 2. The number of halogens is 1. The van der Waals surface area contributed by atoms with Crippen molar-refractivity contribution in [3.05, 3.63) is 59.1 Å². The van der Waals surface area contributed by atoms with Gasteiger partial charge in [-0.25, -0.2) is 8.42 Å². The van der Waals surface area contributed by atoms with Crippen LogP contribution in [0, 0.1) is 0 Å². The van der Waals surface area contributed by atoms with Gasteiger partial charge in [0.25, 0.3) is 15.9 Å². The number of amides is 1. The summed E-state index contributed by atoms with van der Waals surface area (Å²) in [6, 6.07) is 12.9. The first-order valence-electron chi connectivity index (χ1n) is 9.61. The molecule has 1 aliphatic carbocycles. The Labute approximate surface area is 171 Å². The Bertz CT molecular complexity index is 926. The third-order valence-electron chi connectivity index (χ3n) is 5.13. The molecule has 1 fully saturated rings. The Morgan fingerprint density at radius 1 is 1.11 bits per heavy atom. The first kappa shape index (κ1) is 20.7. The zero-order chi connectivity index (χ0) is 20.1. The fraction of sp³-hybridized carbons (Fsp3) is 0.381. The lowest BCUT2D eigenvalue weighted by molar-refractivity contribution is 0.0649. The van der Waals surface area contributed by atoms with Gasteiger partial charge in [0.05, 0.1) is 16.1 Å². The van der Waals surface area contributed by atoms with E-state index in [4.69, 9.17) is 11.6 Å². The highest BCUT2D eigenvalue weighted by Crippen LogP contribution is 2.28. The van der Waals surface area contributed by atoms with E-state index in [1.54, 1.807) is 30.3 Å². The van der Waals surface area contributed by atoms with Gasteiger partial charge in [-0.15, -0.1) is 0 Å². The topological polar surface area (TPSA) is 66.5 Å². The molecule has 0 heterocycles. The van der Waals surface area contributed by atoms with Crippen LogP contribution in [0.5, 0.6) is 0 Å². The minimum atomic E-state index is -3.80. The van der Waals surface area contributed by atoms with Crippen molar-refractivity contribution in [1.29, 1.82) is 0 Å². The highest BCUT2D eigenvalue weighted by atomic mass is 35.5. The third-order valence-corrected chi connectivity index (χ3v) is 6.74. The second-order valence-corrected chi connectivity index (χ2v) is 9.11. The van der Waals surface area contributed by atoms with Gasteiger partial charge >= 0.3 is 0 Å². The summed E-state index contributed by atoms with van der Waals surface area (Å²) in [5.41, 5.74) is 0.520. The van der Waals surface area contributed by atoms with Gasteiger partial charge in [-0.05, 0) is 50.1 Å². The van der Waals surface area contributed by atoms with E-state index in [2.05, 4.69) is 4.72 Å². The van der Waals surface area contributed by atoms with Crippen molar-refractivity contribution in [2.24, 2.45) is 0 Å². The number of carbonyl (C=O) groups excluding carboxylic acids is 1. The maximum absolute atomic E-state index is 13.3. The zero-order valence-corrected chi connectivity index (χ0v) is 17.5. The number of carbonyl (C=O) groups is 1. The number of anilines is 1. The maximum atomic E-state index is 13.3. The monoisotopic (exact) mass is 420 g/mol. The maximum Gasteiger partial charge on any atom is 0.261 e.